The summed E-state index contributed by atoms with van der Waals surface area (Å²) in [6.07, 6.45) is 2.00. The zero-order valence-electron chi connectivity index (χ0n) is 8.37. The second-order valence-corrected chi connectivity index (χ2v) is 4.00. The van der Waals surface area contributed by atoms with Gasteiger partial charge in [0.05, 0.1) is 0 Å². The average Bonchev–Trinajstić information content (AvgIpc) is 2.24. The maximum absolute atomic E-state index is 11.5. The lowest BCUT2D eigenvalue weighted by Crippen LogP contribution is -2.24. The van der Waals surface area contributed by atoms with Crippen LogP contribution in [0.1, 0.15) is 23.2 Å². The number of unbranched alkanes of at least 4 members (excludes halogenated alkanes) is 1. The highest BCUT2D eigenvalue weighted by Crippen LogP contribution is 2.10. The Kier molecular flexibility index (Phi) is 5.18. The van der Waals surface area contributed by atoms with E-state index in [0.29, 0.717) is 12.1 Å². The van der Waals surface area contributed by atoms with Crippen molar-refractivity contribution in [3.05, 3.63) is 29.8 Å². The van der Waals surface area contributed by atoms with E-state index in [-0.39, 0.29) is 11.7 Å². The first-order valence-electron chi connectivity index (χ1n) is 4.87. The molecule has 0 fully saturated rings. The molecule has 0 bridgehead atoms. The summed E-state index contributed by atoms with van der Waals surface area (Å²) >= 11 is 3.33. The van der Waals surface area contributed by atoms with Crippen LogP contribution >= 0.6 is 15.9 Å². The first-order valence-corrected chi connectivity index (χ1v) is 5.99. The molecule has 15 heavy (non-hydrogen) atoms. The molecule has 0 saturated heterocycles. The van der Waals surface area contributed by atoms with Crippen molar-refractivity contribution in [2.24, 2.45) is 0 Å². The molecule has 0 radical (unpaired) electrons. The van der Waals surface area contributed by atoms with Gasteiger partial charge in [-0.1, -0.05) is 22.0 Å². The van der Waals surface area contributed by atoms with Gasteiger partial charge in [0.15, 0.2) is 0 Å². The van der Waals surface area contributed by atoms with Gasteiger partial charge in [0.2, 0.25) is 0 Å². The summed E-state index contributed by atoms with van der Waals surface area (Å²) in [7, 11) is 0. The number of phenols is 1. The zero-order valence-corrected chi connectivity index (χ0v) is 9.96. The zero-order chi connectivity index (χ0) is 11.1. The molecule has 3 nitrogen and oxygen atoms in total. The predicted octanol–water partition coefficient (Wildman–Crippen LogP) is 2.30. The predicted molar refractivity (Wildman–Crippen MR) is 63.5 cm³/mol. The van der Waals surface area contributed by atoms with E-state index >= 15 is 0 Å². The molecule has 1 aromatic rings. The van der Waals surface area contributed by atoms with Crippen LogP contribution in [0.4, 0.5) is 0 Å². The summed E-state index contributed by atoms with van der Waals surface area (Å²) in [4.78, 5) is 11.5. The average molecular weight is 272 g/mol. The monoisotopic (exact) mass is 271 g/mol. The van der Waals surface area contributed by atoms with Crippen molar-refractivity contribution < 1.29 is 9.90 Å². The molecular formula is C11H14BrNO2. The second kappa shape index (κ2) is 6.45. The van der Waals surface area contributed by atoms with Crippen molar-refractivity contribution in [1.29, 1.82) is 0 Å². The Morgan fingerprint density at radius 2 is 2.20 bits per heavy atom. The van der Waals surface area contributed by atoms with Gasteiger partial charge in [-0.15, -0.1) is 0 Å². The highest BCUT2D eigenvalue weighted by atomic mass is 79.9. The van der Waals surface area contributed by atoms with Crippen molar-refractivity contribution in [2.45, 2.75) is 12.8 Å². The Labute approximate surface area is 97.6 Å². The highest BCUT2D eigenvalue weighted by molar-refractivity contribution is 9.09. The number of nitrogens with one attached hydrogen (secondary N) is 1. The lowest BCUT2D eigenvalue weighted by Gasteiger charge is -2.04. The molecule has 2 N–H and O–H groups in total. The van der Waals surface area contributed by atoms with Gasteiger partial charge >= 0.3 is 0 Å². The van der Waals surface area contributed by atoms with Crippen LogP contribution < -0.4 is 5.32 Å². The SMILES string of the molecule is O=C(NCCCCBr)c1cccc(O)c1. The lowest BCUT2D eigenvalue weighted by atomic mass is 10.2. The third-order valence-corrected chi connectivity index (χ3v) is 2.52. The molecule has 1 aromatic carbocycles. The summed E-state index contributed by atoms with van der Waals surface area (Å²) < 4.78 is 0. The molecular weight excluding hydrogens is 258 g/mol. The van der Waals surface area contributed by atoms with Crippen LogP contribution in [-0.4, -0.2) is 22.9 Å². The molecule has 82 valence electrons. The smallest absolute Gasteiger partial charge is 0.251 e. The van der Waals surface area contributed by atoms with Crippen LogP contribution in [-0.2, 0) is 0 Å². The largest absolute Gasteiger partial charge is 0.508 e. The topological polar surface area (TPSA) is 49.3 Å². The first kappa shape index (κ1) is 12.0. The Bertz CT molecular complexity index is 328. The number of halogens is 1. The summed E-state index contributed by atoms with van der Waals surface area (Å²) in [6, 6.07) is 6.34. The van der Waals surface area contributed by atoms with Crippen LogP contribution in [0, 0.1) is 0 Å². The van der Waals surface area contributed by atoms with Crippen LogP contribution in [0.15, 0.2) is 24.3 Å². The number of rotatable bonds is 5. The van der Waals surface area contributed by atoms with E-state index < -0.39 is 0 Å². The summed E-state index contributed by atoms with van der Waals surface area (Å²) in [5, 5.41) is 12.9. The van der Waals surface area contributed by atoms with Crippen LogP contribution in [0.25, 0.3) is 0 Å². The van der Waals surface area contributed by atoms with Crippen molar-refractivity contribution in [1.82, 2.24) is 5.32 Å². The van der Waals surface area contributed by atoms with Gasteiger partial charge in [0.25, 0.3) is 5.91 Å². The molecule has 4 heteroatoms. The summed E-state index contributed by atoms with van der Waals surface area (Å²) in [6.45, 7) is 0.667. The van der Waals surface area contributed by atoms with Crippen LogP contribution in [0.5, 0.6) is 5.75 Å². The summed E-state index contributed by atoms with van der Waals surface area (Å²) in [5.74, 6) is -0.0245. The third-order valence-electron chi connectivity index (χ3n) is 1.95. The quantitative estimate of drug-likeness (QED) is 0.638. The number of hydrogen-bond donors (Lipinski definition) is 2. The van der Waals surface area contributed by atoms with Crippen molar-refractivity contribution in [3.8, 4) is 5.75 Å². The number of carbonyl (C=O) groups excluding carboxylic acids is 1. The fourth-order valence-corrected chi connectivity index (χ4v) is 1.57. The molecule has 0 unspecified atom stereocenters. The molecule has 0 aliphatic heterocycles. The number of phenolic OH excluding ortho intramolecular Hbond substituents is 1. The maximum Gasteiger partial charge on any atom is 0.251 e. The van der Waals surface area contributed by atoms with Crippen molar-refractivity contribution >= 4 is 21.8 Å². The van der Waals surface area contributed by atoms with Crippen LogP contribution in [0.2, 0.25) is 0 Å². The van der Waals surface area contributed by atoms with E-state index in [1.165, 1.54) is 6.07 Å². The lowest BCUT2D eigenvalue weighted by molar-refractivity contribution is 0.0953. The van der Waals surface area contributed by atoms with E-state index in [0.717, 1.165) is 18.2 Å². The number of carbonyl (C=O) groups is 1. The molecule has 1 rings (SSSR count). The van der Waals surface area contributed by atoms with E-state index in [1.54, 1.807) is 18.2 Å². The molecule has 0 heterocycles. The normalized spacial score (nSPS) is 9.93. The van der Waals surface area contributed by atoms with Gasteiger partial charge in [-0.05, 0) is 31.0 Å². The minimum atomic E-state index is -0.138. The highest BCUT2D eigenvalue weighted by Gasteiger charge is 2.04. The van der Waals surface area contributed by atoms with Gasteiger partial charge in [0, 0.05) is 17.4 Å². The fourth-order valence-electron chi connectivity index (χ4n) is 1.17. The molecule has 0 spiro atoms. The Balaban J connectivity index is 2.40. The van der Waals surface area contributed by atoms with Gasteiger partial charge in [-0.2, -0.15) is 0 Å². The standard InChI is InChI=1S/C11H14BrNO2/c12-6-1-2-7-13-11(15)9-4-3-5-10(14)8-9/h3-5,8,14H,1-2,6-7H2,(H,13,15). The van der Waals surface area contributed by atoms with Crippen molar-refractivity contribution in [2.75, 3.05) is 11.9 Å². The number of aromatic hydroxyl groups is 1. The van der Waals surface area contributed by atoms with Gasteiger partial charge in [0.1, 0.15) is 5.75 Å². The Morgan fingerprint density at radius 1 is 1.40 bits per heavy atom. The molecule has 0 atom stereocenters. The van der Waals surface area contributed by atoms with Gasteiger partial charge in [-0.3, -0.25) is 4.79 Å². The maximum atomic E-state index is 11.5. The van der Waals surface area contributed by atoms with Crippen LogP contribution in [0.3, 0.4) is 0 Å². The van der Waals surface area contributed by atoms with Gasteiger partial charge < -0.3 is 10.4 Å². The molecule has 0 saturated carbocycles. The number of hydrogen-bond acceptors (Lipinski definition) is 2. The van der Waals surface area contributed by atoms with Gasteiger partial charge in [-0.25, -0.2) is 0 Å². The molecule has 0 aliphatic carbocycles. The van der Waals surface area contributed by atoms with Crippen molar-refractivity contribution in [3.63, 3.8) is 0 Å². The number of alkyl halides is 1. The van der Waals surface area contributed by atoms with E-state index in [9.17, 15) is 9.90 Å². The number of amides is 1. The Morgan fingerprint density at radius 3 is 2.87 bits per heavy atom. The Hall–Kier alpha value is -1.03. The fraction of sp³-hybridized carbons (Fsp3) is 0.364. The first-order chi connectivity index (χ1) is 7.24. The molecule has 0 aliphatic rings. The van der Waals surface area contributed by atoms with E-state index in [1.807, 2.05) is 0 Å². The minimum Gasteiger partial charge on any atom is -0.508 e. The molecule has 0 aromatic heterocycles. The molecule has 1 amide bonds. The summed E-state index contributed by atoms with van der Waals surface area (Å²) in [5.41, 5.74) is 0.494. The number of benzene rings is 1. The van der Waals surface area contributed by atoms with E-state index in [4.69, 9.17) is 0 Å². The second-order valence-electron chi connectivity index (χ2n) is 3.20. The third kappa shape index (κ3) is 4.34. The minimum absolute atomic E-state index is 0.114. The van der Waals surface area contributed by atoms with E-state index in [2.05, 4.69) is 21.2 Å².